The average Bonchev–Trinajstić information content (AvgIpc) is 2.68. The number of aromatic amines is 1. The zero-order chi connectivity index (χ0) is 11.7. The molecule has 2 rings (SSSR count). The number of nitrogens with zero attached hydrogens (tertiary/aromatic N) is 1. The Morgan fingerprint density at radius 2 is 2.44 bits per heavy atom. The van der Waals surface area contributed by atoms with E-state index in [1.165, 1.54) is 0 Å². The Morgan fingerprint density at radius 3 is 3.00 bits per heavy atom. The van der Waals surface area contributed by atoms with E-state index in [2.05, 4.69) is 11.9 Å². The number of nitrogens with one attached hydrogen (secondary N) is 1. The maximum absolute atomic E-state index is 12.0. The number of hydrogen-bond donors (Lipinski definition) is 2. The van der Waals surface area contributed by atoms with Gasteiger partial charge in [-0.05, 0) is 18.4 Å². The molecule has 5 heteroatoms. The van der Waals surface area contributed by atoms with Crippen LogP contribution in [0.25, 0.3) is 0 Å². The summed E-state index contributed by atoms with van der Waals surface area (Å²) < 4.78 is 0. The molecule has 1 aliphatic heterocycles. The summed E-state index contributed by atoms with van der Waals surface area (Å²) in [6, 6.07) is 1.72. The number of hydrogen-bond acceptors (Lipinski definition) is 2. The topological polar surface area (TPSA) is 62.1 Å². The predicted molar refractivity (Wildman–Crippen MR) is 63.5 cm³/mol. The smallest absolute Gasteiger partial charge is 0.270 e. The molecule has 1 aromatic heterocycles. The molecule has 2 unspecified atom stereocenters. The minimum atomic E-state index is -0.0192. The number of rotatable bonds is 1. The number of carbonyl (C=O) groups is 1. The number of amides is 1. The highest BCUT2D eigenvalue weighted by molar-refractivity contribution is 6.30. The van der Waals surface area contributed by atoms with Crippen molar-refractivity contribution in [1.29, 1.82) is 0 Å². The van der Waals surface area contributed by atoms with E-state index >= 15 is 0 Å². The van der Waals surface area contributed by atoms with Crippen molar-refractivity contribution < 1.29 is 4.79 Å². The second-order valence-corrected chi connectivity index (χ2v) is 4.85. The molecule has 0 bridgehead atoms. The van der Waals surface area contributed by atoms with Crippen LogP contribution < -0.4 is 5.73 Å². The van der Waals surface area contributed by atoms with E-state index in [1.807, 2.05) is 0 Å². The lowest BCUT2D eigenvalue weighted by Gasteiger charge is -2.34. The summed E-state index contributed by atoms with van der Waals surface area (Å²) >= 11 is 5.77. The lowest BCUT2D eigenvalue weighted by molar-refractivity contribution is 0.0667. The first-order valence-electron chi connectivity index (χ1n) is 5.46. The van der Waals surface area contributed by atoms with Crippen LogP contribution in [0.2, 0.25) is 5.02 Å². The van der Waals surface area contributed by atoms with Crippen molar-refractivity contribution in [3.63, 3.8) is 0 Å². The Labute approximate surface area is 99.8 Å². The highest BCUT2D eigenvalue weighted by atomic mass is 35.5. The van der Waals surface area contributed by atoms with Crippen LogP contribution in [0.4, 0.5) is 0 Å². The zero-order valence-corrected chi connectivity index (χ0v) is 10.00. The lowest BCUT2D eigenvalue weighted by atomic mass is 9.94. The number of carbonyl (C=O) groups excluding carboxylic acids is 1. The summed E-state index contributed by atoms with van der Waals surface area (Å²) in [5.41, 5.74) is 6.49. The molecule has 0 aromatic carbocycles. The standard InChI is InChI=1S/C11H16ClN3O/c1-7-2-3-15(6-9(7)13)11(16)10-4-8(12)5-14-10/h4-5,7,9,14H,2-3,6,13H2,1H3. The molecule has 2 heterocycles. The fourth-order valence-electron chi connectivity index (χ4n) is 1.95. The largest absolute Gasteiger partial charge is 0.356 e. The van der Waals surface area contributed by atoms with Gasteiger partial charge in [-0.2, -0.15) is 0 Å². The minimum absolute atomic E-state index is 0.0192. The van der Waals surface area contributed by atoms with E-state index in [1.54, 1.807) is 17.2 Å². The third-order valence-electron chi connectivity index (χ3n) is 3.18. The summed E-state index contributed by atoms with van der Waals surface area (Å²) in [6.45, 7) is 3.51. The van der Waals surface area contributed by atoms with Gasteiger partial charge in [-0.15, -0.1) is 0 Å². The maximum Gasteiger partial charge on any atom is 0.270 e. The highest BCUT2D eigenvalue weighted by Crippen LogP contribution is 2.18. The van der Waals surface area contributed by atoms with Crippen LogP contribution in [0.5, 0.6) is 0 Å². The molecule has 1 fully saturated rings. The monoisotopic (exact) mass is 241 g/mol. The van der Waals surface area contributed by atoms with Gasteiger partial charge in [0.05, 0.1) is 5.02 Å². The summed E-state index contributed by atoms with van der Waals surface area (Å²) in [5.74, 6) is 0.463. The molecule has 16 heavy (non-hydrogen) atoms. The van der Waals surface area contributed by atoms with Crippen molar-refractivity contribution in [3.8, 4) is 0 Å². The van der Waals surface area contributed by atoms with Gasteiger partial charge in [0.25, 0.3) is 5.91 Å². The predicted octanol–water partition coefficient (Wildman–Crippen LogP) is 1.48. The normalized spacial score (nSPS) is 25.8. The number of halogens is 1. The Bertz CT molecular complexity index is 390. The van der Waals surface area contributed by atoms with E-state index in [0.29, 0.717) is 23.2 Å². The van der Waals surface area contributed by atoms with Gasteiger partial charge in [0.15, 0.2) is 0 Å². The zero-order valence-electron chi connectivity index (χ0n) is 9.24. The third kappa shape index (κ3) is 2.23. The molecule has 2 atom stereocenters. The van der Waals surface area contributed by atoms with Crippen molar-refractivity contribution >= 4 is 17.5 Å². The van der Waals surface area contributed by atoms with Crippen LogP contribution in [-0.2, 0) is 0 Å². The van der Waals surface area contributed by atoms with Crippen molar-refractivity contribution in [2.45, 2.75) is 19.4 Å². The molecule has 1 aliphatic rings. The number of aromatic nitrogens is 1. The van der Waals surface area contributed by atoms with Crippen molar-refractivity contribution in [2.24, 2.45) is 11.7 Å². The highest BCUT2D eigenvalue weighted by Gasteiger charge is 2.27. The van der Waals surface area contributed by atoms with E-state index in [9.17, 15) is 4.79 Å². The first-order valence-corrected chi connectivity index (χ1v) is 5.84. The molecule has 0 spiro atoms. The molecular weight excluding hydrogens is 226 g/mol. The van der Waals surface area contributed by atoms with Gasteiger partial charge in [-0.1, -0.05) is 18.5 Å². The molecule has 0 aliphatic carbocycles. The molecule has 0 saturated carbocycles. The molecule has 4 nitrogen and oxygen atoms in total. The van der Waals surface area contributed by atoms with Gasteiger partial charge in [0.1, 0.15) is 5.69 Å². The molecule has 1 amide bonds. The van der Waals surface area contributed by atoms with Gasteiger partial charge >= 0.3 is 0 Å². The maximum atomic E-state index is 12.0. The number of nitrogens with two attached hydrogens (primary N) is 1. The van der Waals surface area contributed by atoms with Crippen LogP contribution >= 0.6 is 11.6 Å². The van der Waals surface area contributed by atoms with Gasteiger partial charge in [0, 0.05) is 25.3 Å². The van der Waals surface area contributed by atoms with Crippen LogP contribution in [0, 0.1) is 5.92 Å². The fraction of sp³-hybridized carbons (Fsp3) is 0.545. The number of H-pyrrole nitrogens is 1. The summed E-state index contributed by atoms with van der Waals surface area (Å²) in [6.07, 6.45) is 2.57. The van der Waals surface area contributed by atoms with Gasteiger partial charge in [0.2, 0.25) is 0 Å². The molecule has 88 valence electrons. The Balaban J connectivity index is 2.06. The number of piperidine rings is 1. The van der Waals surface area contributed by atoms with Crippen LogP contribution in [0.1, 0.15) is 23.8 Å². The Morgan fingerprint density at radius 1 is 1.69 bits per heavy atom. The molecule has 0 radical (unpaired) electrons. The van der Waals surface area contributed by atoms with E-state index in [0.717, 1.165) is 13.0 Å². The second kappa shape index (κ2) is 4.47. The van der Waals surface area contributed by atoms with E-state index in [-0.39, 0.29) is 11.9 Å². The SMILES string of the molecule is CC1CCN(C(=O)c2cc(Cl)c[nH]2)CC1N. The third-order valence-corrected chi connectivity index (χ3v) is 3.40. The first-order chi connectivity index (χ1) is 7.58. The summed E-state index contributed by atoms with van der Waals surface area (Å²) in [4.78, 5) is 16.7. The van der Waals surface area contributed by atoms with Crippen molar-refractivity contribution in [2.75, 3.05) is 13.1 Å². The van der Waals surface area contributed by atoms with E-state index in [4.69, 9.17) is 17.3 Å². The van der Waals surface area contributed by atoms with Crippen LogP contribution in [-0.4, -0.2) is 34.9 Å². The van der Waals surface area contributed by atoms with Crippen LogP contribution in [0.3, 0.4) is 0 Å². The summed E-state index contributed by atoms with van der Waals surface area (Å²) in [7, 11) is 0. The van der Waals surface area contributed by atoms with E-state index < -0.39 is 0 Å². The average molecular weight is 242 g/mol. The van der Waals surface area contributed by atoms with Crippen LogP contribution in [0.15, 0.2) is 12.3 Å². The fourth-order valence-corrected chi connectivity index (χ4v) is 2.11. The Hall–Kier alpha value is -1.00. The molecule has 1 saturated heterocycles. The van der Waals surface area contributed by atoms with Gasteiger partial charge < -0.3 is 15.6 Å². The quantitative estimate of drug-likeness (QED) is 0.782. The Kier molecular flexibility index (Phi) is 3.21. The lowest BCUT2D eigenvalue weighted by Crippen LogP contribution is -2.49. The van der Waals surface area contributed by atoms with Gasteiger partial charge in [-0.3, -0.25) is 4.79 Å². The first kappa shape index (κ1) is 11.5. The number of likely N-dealkylation sites (tertiary alicyclic amines) is 1. The molecular formula is C11H16ClN3O. The summed E-state index contributed by atoms with van der Waals surface area (Å²) in [5, 5.41) is 0.554. The second-order valence-electron chi connectivity index (χ2n) is 4.41. The van der Waals surface area contributed by atoms with Gasteiger partial charge in [-0.25, -0.2) is 0 Å². The molecule has 1 aromatic rings. The molecule has 3 N–H and O–H groups in total. The van der Waals surface area contributed by atoms with Crippen molar-refractivity contribution in [1.82, 2.24) is 9.88 Å². The van der Waals surface area contributed by atoms with Crippen molar-refractivity contribution in [3.05, 3.63) is 23.0 Å². The minimum Gasteiger partial charge on any atom is -0.356 e.